The van der Waals surface area contributed by atoms with Crippen molar-refractivity contribution in [2.75, 3.05) is 0 Å². The molecule has 238 valence electrons. The van der Waals surface area contributed by atoms with Crippen LogP contribution < -0.4 is 4.18 Å². The SMILES string of the molecule is O=S(=O)([O-])c1ccc(OS(=O)(=O)c2c(C3CC4CCC3C4)cc(C3CC4CCC3C4)cc2C23CCC(CC2)C3)c2ccccc12. The maximum atomic E-state index is 14.9. The first-order valence-electron chi connectivity index (χ1n) is 17.2. The van der Waals surface area contributed by atoms with Crippen LogP contribution in [-0.2, 0) is 25.7 Å². The van der Waals surface area contributed by atoms with Crippen LogP contribution in [0.2, 0.25) is 0 Å². The van der Waals surface area contributed by atoms with E-state index in [1.165, 1.54) is 62.3 Å². The summed E-state index contributed by atoms with van der Waals surface area (Å²) in [5, 5.41) is 0.480. The number of rotatable bonds is 7. The van der Waals surface area contributed by atoms with E-state index in [1.54, 1.807) is 18.2 Å². The van der Waals surface area contributed by atoms with Crippen molar-refractivity contribution in [3.63, 3.8) is 0 Å². The maximum absolute atomic E-state index is 14.9. The van der Waals surface area contributed by atoms with Gasteiger partial charge in [-0.15, -0.1) is 0 Å². The molecular weight excluding hydrogens is 605 g/mol. The van der Waals surface area contributed by atoms with Gasteiger partial charge < -0.3 is 8.74 Å². The van der Waals surface area contributed by atoms with Gasteiger partial charge in [-0.25, -0.2) is 8.42 Å². The molecule has 0 spiro atoms. The highest BCUT2D eigenvalue weighted by Gasteiger charge is 2.51. The quantitative estimate of drug-likeness (QED) is 0.190. The van der Waals surface area contributed by atoms with E-state index in [-0.39, 0.29) is 27.4 Å². The second-order valence-corrected chi connectivity index (χ2v) is 18.4. The predicted octanol–water partition coefficient (Wildman–Crippen LogP) is 8.15. The van der Waals surface area contributed by atoms with Crippen LogP contribution in [0.3, 0.4) is 0 Å². The third-order valence-corrected chi connectivity index (χ3v) is 15.6. The van der Waals surface area contributed by atoms with Crippen molar-refractivity contribution in [3.05, 3.63) is 65.2 Å². The topological polar surface area (TPSA) is 101 Å². The Kier molecular flexibility index (Phi) is 6.42. The lowest BCUT2D eigenvalue weighted by atomic mass is 9.72. The first-order chi connectivity index (χ1) is 21.6. The molecular formula is C37H41O6S2-. The van der Waals surface area contributed by atoms with Gasteiger partial charge in [0, 0.05) is 10.8 Å². The lowest BCUT2D eigenvalue weighted by molar-refractivity contribution is 0.388. The van der Waals surface area contributed by atoms with E-state index in [4.69, 9.17) is 4.18 Å². The van der Waals surface area contributed by atoms with E-state index in [1.807, 2.05) is 0 Å². The summed E-state index contributed by atoms with van der Waals surface area (Å²) in [5.41, 5.74) is 3.22. The molecule has 0 aliphatic heterocycles. The largest absolute Gasteiger partial charge is 0.744 e. The Bertz CT molecular complexity index is 1920. The first kappa shape index (κ1) is 28.8. The summed E-state index contributed by atoms with van der Waals surface area (Å²) < 4.78 is 72.2. The molecule has 6 fully saturated rings. The highest BCUT2D eigenvalue weighted by Crippen LogP contribution is 2.61. The third kappa shape index (κ3) is 4.56. The van der Waals surface area contributed by atoms with Gasteiger partial charge in [-0.2, -0.15) is 8.42 Å². The van der Waals surface area contributed by atoms with E-state index in [0.29, 0.717) is 39.9 Å². The fraction of sp³-hybridized carbons (Fsp3) is 0.568. The van der Waals surface area contributed by atoms with E-state index in [9.17, 15) is 21.4 Å². The van der Waals surface area contributed by atoms with Gasteiger partial charge in [-0.1, -0.05) is 49.2 Å². The van der Waals surface area contributed by atoms with Crippen LogP contribution >= 0.6 is 0 Å². The Morgan fingerprint density at radius 2 is 1.38 bits per heavy atom. The van der Waals surface area contributed by atoms with Crippen molar-refractivity contribution in [1.29, 1.82) is 0 Å². The fourth-order valence-electron chi connectivity index (χ4n) is 11.4. The Labute approximate surface area is 266 Å². The Morgan fingerprint density at radius 3 is 1.96 bits per heavy atom. The Hall–Kier alpha value is -2.42. The third-order valence-electron chi connectivity index (χ3n) is 13.3. The molecule has 6 atom stereocenters. The summed E-state index contributed by atoms with van der Waals surface area (Å²) in [5.74, 6) is 4.12. The summed E-state index contributed by atoms with van der Waals surface area (Å²) in [6.07, 6.45) is 15.2. The van der Waals surface area contributed by atoms with Crippen molar-refractivity contribution in [1.82, 2.24) is 0 Å². The van der Waals surface area contributed by atoms with Gasteiger partial charge in [0.1, 0.15) is 15.0 Å². The number of fused-ring (bicyclic) bond motifs is 7. The number of hydrogen-bond donors (Lipinski definition) is 0. The van der Waals surface area contributed by atoms with Gasteiger partial charge in [0.05, 0.1) is 4.90 Å². The zero-order valence-electron chi connectivity index (χ0n) is 25.6. The van der Waals surface area contributed by atoms with Gasteiger partial charge in [0.15, 0.2) is 5.75 Å². The lowest BCUT2D eigenvalue weighted by Gasteiger charge is -2.35. The zero-order chi connectivity index (χ0) is 30.7. The van der Waals surface area contributed by atoms with Crippen molar-refractivity contribution < 1.29 is 25.6 Å². The molecule has 6 unspecified atom stereocenters. The molecule has 0 amide bonds. The molecule has 9 rings (SSSR count). The van der Waals surface area contributed by atoms with Gasteiger partial charge in [0.25, 0.3) is 0 Å². The molecule has 0 radical (unpaired) electrons. The molecule has 3 aromatic carbocycles. The molecule has 0 aromatic heterocycles. The maximum Gasteiger partial charge on any atom is 0.339 e. The molecule has 45 heavy (non-hydrogen) atoms. The summed E-state index contributed by atoms with van der Waals surface area (Å²) in [4.78, 5) is 0.0300. The molecule has 6 aliphatic rings. The highest BCUT2D eigenvalue weighted by molar-refractivity contribution is 7.87. The summed E-state index contributed by atoms with van der Waals surface area (Å²) in [6.45, 7) is 0. The summed E-state index contributed by atoms with van der Waals surface area (Å²) in [7, 11) is -9.08. The minimum atomic E-state index is -4.76. The minimum Gasteiger partial charge on any atom is -0.744 e. The second-order valence-electron chi connectivity index (χ2n) is 15.6. The van der Waals surface area contributed by atoms with Crippen molar-refractivity contribution in [2.45, 2.75) is 111 Å². The Balaban J connectivity index is 1.24. The number of hydrogen-bond acceptors (Lipinski definition) is 6. The van der Waals surface area contributed by atoms with E-state index >= 15 is 0 Å². The van der Waals surface area contributed by atoms with Crippen molar-refractivity contribution >= 4 is 31.0 Å². The number of benzene rings is 3. The van der Waals surface area contributed by atoms with E-state index in [0.717, 1.165) is 62.0 Å². The van der Waals surface area contributed by atoms with Crippen molar-refractivity contribution in [3.8, 4) is 5.75 Å². The van der Waals surface area contributed by atoms with Crippen LogP contribution in [-0.4, -0.2) is 21.4 Å². The monoisotopic (exact) mass is 645 g/mol. The normalized spacial score (nSPS) is 35.2. The van der Waals surface area contributed by atoms with Crippen LogP contribution in [0.4, 0.5) is 0 Å². The summed E-state index contributed by atoms with van der Waals surface area (Å²) in [6, 6.07) is 13.7. The van der Waals surface area contributed by atoms with Crippen LogP contribution in [0.25, 0.3) is 10.8 Å². The zero-order valence-corrected chi connectivity index (χ0v) is 27.3. The van der Waals surface area contributed by atoms with Crippen LogP contribution in [0.15, 0.2) is 58.3 Å². The van der Waals surface area contributed by atoms with E-state index in [2.05, 4.69) is 12.1 Å². The predicted molar refractivity (Wildman–Crippen MR) is 171 cm³/mol. The van der Waals surface area contributed by atoms with Crippen LogP contribution in [0.1, 0.15) is 112 Å². The van der Waals surface area contributed by atoms with Gasteiger partial charge in [-0.05, 0) is 146 Å². The average Bonchev–Trinajstić information content (AvgIpc) is 3.88. The minimum absolute atomic E-state index is 0.0632. The van der Waals surface area contributed by atoms with Crippen LogP contribution in [0.5, 0.6) is 5.75 Å². The van der Waals surface area contributed by atoms with Gasteiger partial charge in [-0.3, -0.25) is 0 Å². The lowest BCUT2D eigenvalue weighted by Crippen LogP contribution is -2.28. The second kappa shape index (κ2) is 10.0. The standard InChI is InChI=1S/C37H42O6S2/c38-44(39,40)35-10-9-34(28-3-1-2-4-29(28)35)43-45(41,42)36-32(31-18-24-6-8-26(31)16-24)19-27(30-17-23-5-7-25(30)15-23)20-33(36)37-13-11-22(21-37)12-14-37/h1-4,9-10,19-20,22-26,30-31H,5-8,11-18,21H2,(H,38,39,40)/p-1. The smallest absolute Gasteiger partial charge is 0.339 e. The van der Waals surface area contributed by atoms with E-state index < -0.39 is 20.2 Å². The molecule has 0 N–H and O–H groups in total. The molecule has 3 aromatic rings. The molecule has 8 heteroatoms. The fourth-order valence-corrected chi connectivity index (χ4v) is 13.6. The van der Waals surface area contributed by atoms with Gasteiger partial charge >= 0.3 is 10.1 Å². The molecule has 6 bridgehead atoms. The van der Waals surface area contributed by atoms with Crippen LogP contribution in [0, 0.1) is 29.6 Å². The first-order valence-corrected chi connectivity index (χ1v) is 20.0. The summed E-state index contributed by atoms with van der Waals surface area (Å²) >= 11 is 0. The molecule has 6 aliphatic carbocycles. The highest BCUT2D eigenvalue weighted by atomic mass is 32.2. The average molecular weight is 646 g/mol. The Morgan fingerprint density at radius 1 is 0.711 bits per heavy atom. The molecule has 0 saturated heterocycles. The molecule has 0 heterocycles. The molecule has 6 saturated carbocycles. The van der Waals surface area contributed by atoms with Crippen molar-refractivity contribution in [2.24, 2.45) is 29.6 Å². The molecule has 6 nitrogen and oxygen atoms in total. The van der Waals surface area contributed by atoms with Gasteiger partial charge in [0.2, 0.25) is 0 Å².